The lowest BCUT2D eigenvalue weighted by Crippen LogP contribution is -2.28. The van der Waals surface area contributed by atoms with Gasteiger partial charge in [0.05, 0.1) is 18.2 Å². The predicted molar refractivity (Wildman–Crippen MR) is 66.2 cm³/mol. The van der Waals surface area contributed by atoms with Crippen molar-refractivity contribution in [1.82, 2.24) is 10.3 Å². The van der Waals surface area contributed by atoms with Crippen LogP contribution in [0.1, 0.15) is 36.6 Å². The number of aryl methyl sites for hydroxylation is 2. The number of oxazole rings is 1. The molecule has 0 spiro atoms. The van der Waals surface area contributed by atoms with E-state index >= 15 is 0 Å². The van der Waals surface area contributed by atoms with E-state index in [9.17, 15) is 4.79 Å². The second kappa shape index (κ2) is 5.52. The largest absolute Gasteiger partial charge is 0.481 e. The Morgan fingerprint density at radius 2 is 2.28 bits per heavy atom. The molecule has 5 heteroatoms. The van der Waals surface area contributed by atoms with Crippen molar-refractivity contribution in [3.8, 4) is 0 Å². The molecule has 1 aromatic rings. The number of nitrogens with one attached hydrogen (secondary N) is 1. The molecule has 2 atom stereocenters. The lowest BCUT2D eigenvalue weighted by Gasteiger charge is -2.15. The Morgan fingerprint density at radius 1 is 1.50 bits per heavy atom. The molecule has 2 unspecified atom stereocenters. The monoisotopic (exact) mass is 252 g/mol. The van der Waals surface area contributed by atoms with Crippen LogP contribution in [-0.2, 0) is 11.3 Å². The van der Waals surface area contributed by atoms with Crippen LogP contribution in [0.5, 0.6) is 0 Å². The number of carboxylic acid groups (broad SMARTS) is 1. The van der Waals surface area contributed by atoms with Crippen LogP contribution in [0.4, 0.5) is 0 Å². The minimum absolute atomic E-state index is 0.189. The third kappa shape index (κ3) is 2.90. The molecule has 0 bridgehead atoms. The van der Waals surface area contributed by atoms with Crippen LogP contribution >= 0.6 is 0 Å². The number of nitrogens with zero attached hydrogens (tertiary/aromatic N) is 1. The number of aromatic nitrogens is 1. The van der Waals surface area contributed by atoms with Crippen molar-refractivity contribution in [3.05, 3.63) is 17.3 Å². The van der Waals surface area contributed by atoms with Crippen LogP contribution in [-0.4, -0.2) is 22.6 Å². The highest BCUT2D eigenvalue weighted by Gasteiger charge is 2.32. The molecule has 0 aliphatic heterocycles. The number of carbonyl (C=O) groups is 1. The van der Waals surface area contributed by atoms with Crippen molar-refractivity contribution in [3.63, 3.8) is 0 Å². The van der Waals surface area contributed by atoms with Crippen LogP contribution < -0.4 is 5.32 Å². The molecule has 100 valence electrons. The van der Waals surface area contributed by atoms with Gasteiger partial charge in [0, 0.05) is 0 Å². The summed E-state index contributed by atoms with van der Waals surface area (Å²) in [5, 5.41) is 12.3. The Bertz CT molecular complexity index is 408. The Kier molecular flexibility index (Phi) is 4.01. The van der Waals surface area contributed by atoms with Crippen molar-refractivity contribution in [2.24, 2.45) is 11.8 Å². The Morgan fingerprint density at radius 3 is 2.89 bits per heavy atom. The van der Waals surface area contributed by atoms with Crippen LogP contribution in [0.25, 0.3) is 0 Å². The molecule has 0 saturated heterocycles. The van der Waals surface area contributed by atoms with E-state index in [-0.39, 0.29) is 11.8 Å². The first-order valence-electron chi connectivity index (χ1n) is 6.44. The van der Waals surface area contributed by atoms with Crippen molar-refractivity contribution in [2.45, 2.75) is 39.7 Å². The second-order valence-corrected chi connectivity index (χ2v) is 5.02. The zero-order chi connectivity index (χ0) is 13.1. The summed E-state index contributed by atoms with van der Waals surface area (Å²) in [4.78, 5) is 15.3. The smallest absolute Gasteiger partial charge is 0.306 e. The minimum atomic E-state index is -0.665. The van der Waals surface area contributed by atoms with E-state index in [0.717, 1.165) is 37.3 Å². The summed E-state index contributed by atoms with van der Waals surface area (Å²) in [7, 11) is 0. The molecule has 0 radical (unpaired) electrons. The van der Waals surface area contributed by atoms with Gasteiger partial charge in [-0.15, -0.1) is 0 Å². The normalized spacial score (nSPS) is 23.4. The van der Waals surface area contributed by atoms with Gasteiger partial charge in [0.2, 0.25) is 5.89 Å². The summed E-state index contributed by atoms with van der Waals surface area (Å²) < 4.78 is 5.46. The van der Waals surface area contributed by atoms with E-state index in [1.165, 1.54) is 0 Å². The van der Waals surface area contributed by atoms with Gasteiger partial charge in [0.25, 0.3) is 0 Å². The molecule has 2 N–H and O–H groups in total. The first kappa shape index (κ1) is 13.1. The summed E-state index contributed by atoms with van der Waals surface area (Å²) >= 11 is 0. The maximum atomic E-state index is 11.0. The van der Waals surface area contributed by atoms with Gasteiger partial charge in [-0.05, 0) is 39.2 Å². The number of hydrogen-bond acceptors (Lipinski definition) is 4. The zero-order valence-electron chi connectivity index (χ0n) is 10.9. The number of carboxylic acids is 1. The molecule has 1 aromatic heterocycles. The van der Waals surface area contributed by atoms with Crippen molar-refractivity contribution < 1.29 is 14.3 Å². The van der Waals surface area contributed by atoms with E-state index < -0.39 is 5.97 Å². The molecular weight excluding hydrogens is 232 g/mol. The SMILES string of the molecule is Cc1nc(CNCC2CCCC2C(=O)O)oc1C. The van der Waals surface area contributed by atoms with E-state index in [1.807, 2.05) is 13.8 Å². The van der Waals surface area contributed by atoms with Crippen LogP contribution in [0.15, 0.2) is 4.42 Å². The maximum absolute atomic E-state index is 11.0. The fourth-order valence-corrected chi connectivity index (χ4v) is 2.59. The van der Waals surface area contributed by atoms with Crippen molar-refractivity contribution in [2.75, 3.05) is 6.54 Å². The summed E-state index contributed by atoms with van der Waals surface area (Å²) in [6.07, 6.45) is 2.81. The van der Waals surface area contributed by atoms with Gasteiger partial charge < -0.3 is 14.8 Å². The molecular formula is C13H20N2O3. The third-order valence-corrected chi connectivity index (χ3v) is 3.73. The highest BCUT2D eigenvalue weighted by atomic mass is 16.4. The quantitative estimate of drug-likeness (QED) is 0.837. The molecule has 2 rings (SSSR count). The van der Waals surface area contributed by atoms with Crippen molar-refractivity contribution >= 4 is 5.97 Å². The number of aliphatic carboxylic acids is 1. The molecule has 5 nitrogen and oxygen atoms in total. The number of rotatable bonds is 5. The standard InChI is InChI=1S/C13H20N2O3/c1-8-9(2)18-12(15-8)7-14-6-10-4-3-5-11(10)13(16)17/h10-11,14H,3-7H2,1-2H3,(H,16,17). The van der Waals surface area contributed by atoms with Gasteiger partial charge in [-0.25, -0.2) is 4.98 Å². The van der Waals surface area contributed by atoms with Gasteiger partial charge in [-0.3, -0.25) is 4.79 Å². The molecule has 1 aliphatic carbocycles. The van der Waals surface area contributed by atoms with Gasteiger partial charge in [0.15, 0.2) is 0 Å². The van der Waals surface area contributed by atoms with Crippen LogP contribution in [0.3, 0.4) is 0 Å². The van der Waals surface area contributed by atoms with E-state index in [4.69, 9.17) is 9.52 Å². The molecule has 0 amide bonds. The highest BCUT2D eigenvalue weighted by Crippen LogP contribution is 2.31. The summed E-state index contributed by atoms with van der Waals surface area (Å²) in [5.41, 5.74) is 0.913. The van der Waals surface area contributed by atoms with Gasteiger partial charge in [-0.1, -0.05) is 6.42 Å². The fourth-order valence-electron chi connectivity index (χ4n) is 2.59. The summed E-state index contributed by atoms with van der Waals surface area (Å²) in [5.74, 6) is 0.901. The molecule has 1 saturated carbocycles. The van der Waals surface area contributed by atoms with Gasteiger partial charge >= 0.3 is 5.97 Å². The first-order chi connectivity index (χ1) is 8.58. The Balaban J connectivity index is 1.80. The summed E-state index contributed by atoms with van der Waals surface area (Å²) in [6.45, 7) is 5.10. The Hall–Kier alpha value is -1.36. The summed E-state index contributed by atoms with van der Waals surface area (Å²) in [6, 6.07) is 0. The van der Waals surface area contributed by atoms with Crippen molar-refractivity contribution in [1.29, 1.82) is 0 Å². The minimum Gasteiger partial charge on any atom is -0.481 e. The van der Waals surface area contributed by atoms with E-state index in [1.54, 1.807) is 0 Å². The van der Waals surface area contributed by atoms with E-state index in [2.05, 4.69) is 10.3 Å². The lowest BCUT2D eigenvalue weighted by atomic mass is 9.96. The number of hydrogen-bond donors (Lipinski definition) is 2. The molecule has 1 fully saturated rings. The third-order valence-electron chi connectivity index (χ3n) is 3.73. The predicted octanol–water partition coefficient (Wildman–Crippen LogP) is 1.88. The lowest BCUT2D eigenvalue weighted by molar-refractivity contribution is -0.142. The average Bonchev–Trinajstić information content (AvgIpc) is 2.87. The Labute approximate surface area is 107 Å². The molecule has 0 aromatic carbocycles. The molecule has 1 aliphatic rings. The van der Waals surface area contributed by atoms with Crippen LogP contribution in [0.2, 0.25) is 0 Å². The fraction of sp³-hybridized carbons (Fsp3) is 0.692. The van der Waals surface area contributed by atoms with Gasteiger partial charge in [0.1, 0.15) is 5.76 Å². The first-order valence-corrected chi connectivity index (χ1v) is 6.44. The van der Waals surface area contributed by atoms with Gasteiger partial charge in [-0.2, -0.15) is 0 Å². The maximum Gasteiger partial charge on any atom is 0.306 e. The van der Waals surface area contributed by atoms with Crippen LogP contribution in [0, 0.1) is 25.7 Å². The topological polar surface area (TPSA) is 75.4 Å². The van der Waals surface area contributed by atoms with E-state index in [0.29, 0.717) is 12.4 Å². The zero-order valence-corrected chi connectivity index (χ0v) is 10.9. The average molecular weight is 252 g/mol. The molecule has 1 heterocycles. The second-order valence-electron chi connectivity index (χ2n) is 5.02. The highest BCUT2D eigenvalue weighted by molar-refractivity contribution is 5.70. The molecule has 18 heavy (non-hydrogen) atoms.